The van der Waals surface area contributed by atoms with E-state index >= 15 is 0 Å². The molecule has 0 atom stereocenters. The van der Waals surface area contributed by atoms with Crippen molar-refractivity contribution in [1.29, 1.82) is 0 Å². The van der Waals surface area contributed by atoms with Gasteiger partial charge in [0.15, 0.2) is 0 Å². The topological polar surface area (TPSA) is 59.8 Å². The summed E-state index contributed by atoms with van der Waals surface area (Å²) in [5.74, 6) is 0.260. The molecule has 0 aliphatic carbocycles. The highest BCUT2D eigenvalue weighted by molar-refractivity contribution is 5.93. The number of carbonyl (C=O) groups excluding carboxylic acids is 1. The van der Waals surface area contributed by atoms with Crippen molar-refractivity contribution in [3.63, 3.8) is 0 Å². The predicted molar refractivity (Wildman–Crippen MR) is 104 cm³/mol. The van der Waals surface area contributed by atoms with E-state index in [4.69, 9.17) is 0 Å². The van der Waals surface area contributed by atoms with E-state index < -0.39 is 0 Å². The van der Waals surface area contributed by atoms with Crippen LogP contribution in [0.25, 0.3) is 5.69 Å². The second-order valence-corrected chi connectivity index (χ2v) is 6.79. The summed E-state index contributed by atoms with van der Waals surface area (Å²) in [7, 11) is 0. The van der Waals surface area contributed by atoms with Crippen LogP contribution >= 0.6 is 0 Å². The molecule has 0 aliphatic heterocycles. The van der Waals surface area contributed by atoms with Gasteiger partial charge in [-0.3, -0.25) is 4.79 Å². The fourth-order valence-electron chi connectivity index (χ4n) is 3.02. The van der Waals surface area contributed by atoms with Gasteiger partial charge in [0, 0.05) is 5.69 Å². The molecule has 0 fully saturated rings. The monoisotopic (exact) mass is 348 g/mol. The van der Waals surface area contributed by atoms with E-state index in [1.807, 2.05) is 56.3 Å². The van der Waals surface area contributed by atoms with Crippen molar-refractivity contribution in [2.75, 3.05) is 5.32 Å². The number of carbonyl (C=O) groups is 1. The number of hydrogen-bond donors (Lipinski definition) is 1. The van der Waals surface area contributed by atoms with Crippen LogP contribution in [-0.4, -0.2) is 20.9 Å². The normalized spacial score (nSPS) is 11.0. The standard InChI is InChI=1S/C21H24N4O/c1-14(2)18-12-8-9-15(3)21(18)22-20(26)13-19-16(4)25(24-23-19)17-10-6-5-7-11-17/h5-12,14H,13H2,1-4H3,(H,22,26). The minimum Gasteiger partial charge on any atom is -0.325 e. The zero-order valence-electron chi connectivity index (χ0n) is 15.7. The third kappa shape index (κ3) is 3.67. The van der Waals surface area contributed by atoms with Crippen LogP contribution < -0.4 is 5.32 Å². The molecule has 0 saturated heterocycles. The number of para-hydroxylation sites is 2. The van der Waals surface area contributed by atoms with Crippen molar-refractivity contribution in [1.82, 2.24) is 15.0 Å². The third-order valence-electron chi connectivity index (χ3n) is 4.51. The maximum Gasteiger partial charge on any atom is 0.230 e. The van der Waals surface area contributed by atoms with Gasteiger partial charge in [0.2, 0.25) is 5.91 Å². The summed E-state index contributed by atoms with van der Waals surface area (Å²) in [5.41, 5.74) is 5.61. The number of benzene rings is 2. The maximum absolute atomic E-state index is 12.6. The van der Waals surface area contributed by atoms with Gasteiger partial charge in [-0.2, -0.15) is 0 Å². The molecular formula is C21H24N4O. The fraction of sp³-hybridized carbons (Fsp3) is 0.286. The lowest BCUT2D eigenvalue weighted by Gasteiger charge is -2.16. The van der Waals surface area contributed by atoms with Crippen LogP contribution in [0.2, 0.25) is 0 Å². The zero-order valence-corrected chi connectivity index (χ0v) is 15.7. The van der Waals surface area contributed by atoms with Gasteiger partial charge in [-0.05, 0) is 43.0 Å². The highest BCUT2D eigenvalue weighted by Crippen LogP contribution is 2.27. The van der Waals surface area contributed by atoms with Crippen LogP contribution in [0, 0.1) is 13.8 Å². The second-order valence-electron chi connectivity index (χ2n) is 6.79. The zero-order chi connectivity index (χ0) is 18.7. The molecule has 5 nitrogen and oxygen atoms in total. The highest BCUT2D eigenvalue weighted by Gasteiger charge is 2.16. The van der Waals surface area contributed by atoms with E-state index in [0.717, 1.165) is 28.2 Å². The molecule has 0 bridgehead atoms. The lowest BCUT2D eigenvalue weighted by Crippen LogP contribution is -2.17. The van der Waals surface area contributed by atoms with Crippen LogP contribution in [-0.2, 0) is 11.2 Å². The van der Waals surface area contributed by atoms with E-state index in [0.29, 0.717) is 11.6 Å². The average Bonchev–Trinajstić information content (AvgIpc) is 2.98. The van der Waals surface area contributed by atoms with Gasteiger partial charge in [0.1, 0.15) is 0 Å². The molecule has 2 aromatic carbocycles. The van der Waals surface area contributed by atoms with Crippen molar-refractivity contribution in [3.05, 3.63) is 71.0 Å². The number of rotatable bonds is 5. The van der Waals surface area contributed by atoms with Crippen molar-refractivity contribution in [2.24, 2.45) is 0 Å². The summed E-state index contributed by atoms with van der Waals surface area (Å²) in [5, 5.41) is 11.5. The van der Waals surface area contributed by atoms with Gasteiger partial charge in [-0.15, -0.1) is 5.10 Å². The van der Waals surface area contributed by atoms with E-state index in [2.05, 4.69) is 35.5 Å². The van der Waals surface area contributed by atoms with Crippen molar-refractivity contribution < 1.29 is 4.79 Å². The Bertz CT molecular complexity index is 913. The number of aryl methyl sites for hydroxylation is 1. The van der Waals surface area contributed by atoms with Crippen LogP contribution in [0.1, 0.15) is 42.3 Å². The van der Waals surface area contributed by atoms with Gasteiger partial charge in [-0.1, -0.05) is 55.5 Å². The fourth-order valence-corrected chi connectivity index (χ4v) is 3.02. The lowest BCUT2D eigenvalue weighted by atomic mass is 9.98. The SMILES string of the molecule is Cc1cccc(C(C)C)c1NC(=O)Cc1nnn(-c2ccccc2)c1C. The first kappa shape index (κ1) is 17.9. The number of hydrogen-bond acceptors (Lipinski definition) is 3. The Morgan fingerprint density at radius 1 is 1.08 bits per heavy atom. The van der Waals surface area contributed by atoms with Crippen LogP contribution in [0.4, 0.5) is 5.69 Å². The van der Waals surface area contributed by atoms with Gasteiger partial charge in [0.05, 0.1) is 23.5 Å². The Balaban J connectivity index is 1.79. The van der Waals surface area contributed by atoms with E-state index in [9.17, 15) is 4.79 Å². The van der Waals surface area contributed by atoms with Gasteiger partial charge in [0.25, 0.3) is 0 Å². The Morgan fingerprint density at radius 2 is 1.81 bits per heavy atom. The van der Waals surface area contributed by atoms with Crippen molar-refractivity contribution in [2.45, 2.75) is 40.0 Å². The Kier molecular flexibility index (Phi) is 5.16. The molecule has 5 heteroatoms. The molecule has 3 rings (SSSR count). The average molecular weight is 348 g/mol. The second kappa shape index (κ2) is 7.52. The first-order valence-electron chi connectivity index (χ1n) is 8.83. The van der Waals surface area contributed by atoms with Crippen molar-refractivity contribution in [3.8, 4) is 5.69 Å². The van der Waals surface area contributed by atoms with Gasteiger partial charge < -0.3 is 5.32 Å². The number of aromatic nitrogens is 3. The first-order valence-corrected chi connectivity index (χ1v) is 8.83. The first-order chi connectivity index (χ1) is 12.5. The summed E-state index contributed by atoms with van der Waals surface area (Å²) in [6.45, 7) is 8.20. The Morgan fingerprint density at radius 3 is 2.50 bits per heavy atom. The van der Waals surface area contributed by atoms with Crippen LogP contribution in [0.3, 0.4) is 0 Å². The third-order valence-corrected chi connectivity index (χ3v) is 4.51. The summed E-state index contributed by atoms with van der Waals surface area (Å²) >= 11 is 0. The van der Waals surface area contributed by atoms with Gasteiger partial charge in [-0.25, -0.2) is 4.68 Å². The van der Waals surface area contributed by atoms with E-state index in [-0.39, 0.29) is 12.3 Å². The van der Waals surface area contributed by atoms with Crippen molar-refractivity contribution >= 4 is 11.6 Å². The highest BCUT2D eigenvalue weighted by atomic mass is 16.1. The molecule has 3 aromatic rings. The summed E-state index contributed by atoms with van der Waals surface area (Å²) in [6.07, 6.45) is 0.199. The van der Waals surface area contributed by atoms with E-state index in [1.165, 1.54) is 0 Å². The molecule has 0 spiro atoms. The lowest BCUT2D eigenvalue weighted by molar-refractivity contribution is -0.115. The molecule has 1 amide bonds. The molecule has 0 aliphatic rings. The smallest absolute Gasteiger partial charge is 0.230 e. The molecule has 1 N–H and O–H groups in total. The predicted octanol–water partition coefficient (Wildman–Crippen LogP) is 4.19. The Hall–Kier alpha value is -2.95. The van der Waals surface area contributed by atoms with Gasteiger partial charge >= 0.3 is 0 Å². The molecule has 0 saturated carbocycles. The maximum atomic E-state index is 12.6. The molecule has 1 aromatic heterocycles. The summed E-state index contributed by atoms with van der Waals surface area (Å²) < 4.78 is 1.76. The summed E-state index contributed by atoms with van der Waals surface area (Å²) in [6, 6.07) is 15.9. The number of nitrogens with one attached hydrogen (secondary N) is 1. The quantitative estimate of drug-likeness (QED) is 0.752. The summed E-state index contributed by atoms with van der Waals surface area (Å²) in [4.78, 5) is 12.6. The molecule has 0 radical (unpaired) electrons. The van der Waals surface area contributed by atoms with Crippen LogP contribution in [0.15, 0.2) is 48.5 Å². The Labute approximate surface area is 154 Å². The minimum atomic E-state index is -0.0792. The molecule has 134 valence electrons. The number of nitrogens with zero attached hydrogens (tertiary/aromatic N) is 3. The minimum absolute atomic E-state index is 0.0792. The van der Waals surface area contributed by atoms with Crippen LogP contribution in [0.5, 0.6) is 0 Å². The molecule has 0 unspecified atom stereocenters. The number of amides is 1. The molecule has 1 heterocycles. The largest absolute Gasteiger partial charge is 0.325 e. The molecule has 26 heavy (non-hydrogen) atoms. The molecular weight excluding hydrogens is 324 g/mol. The number of anilines is 1. The van der Waals surface area contributed by atoms with E-state index in [1.54, 1.807) is 4.68 Å².